The van der Waals surface area contributed by atoms with Crippen LogP contribution in [0.5, 0.6) is 11.5 Å². The molecule has 3 aliphatic rings. The molecule has 0 bridgehead atoms. The summed E-state index contributed by atoms with van der Waals surface area (Å²) in [5.41, 5.74) is 2.62. The van der Waals surface area contributed by atoms with E-state index in [1.54, 1.807) is 7.11 Å². The highest BCUT2D eigenvalue weighted by Gasteiger charge is 2.49. The Balaban J connectivity index is 1.82. The van der Waals surface area contributed by atoms with Crippen LogP contribution in [0.25, 0.3) is 0 Å². The minimum atomic E-state index is -0.290. The number of benzene rings is 1. The van der Waals surface area contributed by atoms with Crippen LogP contribution in [0.1, 0.15) is 36.8 Å². The molecule has 1 aromatic rings. The van der Waals surface area contributed by atoms with Crippen molar-refractivity contribution in [2.75, 3.05) is 7.11 Å². The van der Waals surface area contributed by atoms with Gasteiger partial charge < -0.3 is 14.2 Å². The van der Waals surface area contributed by atoms with E-state index < -0.39 is 0 Å². The molecule has 0 amide bonds. The second kappa shape index (κ2) is 4.52. The van der Waals surface area contributed by atoms with Gasteiger partial charge in [-0.2, -0.15) is 0 Å². The van der Waals surface area contributed by atoms with Crippen LogP contribution in [0, 0.1) is 5.92 Å². The zero-order valence-electron chi connectivity index (χ0n) is 12.2. The van der Waals surface area contributed by atoms with Gasteiger partial charge >= 0.3 is 5.97 Å². The first-order valence-electron chi connectivity index (χ1n) is 7.44. The van der Waals surface area contributed by atoms with Crippen LogP contribution in [0.2, 0.25) is 0 Å². The van der Waals surface area contributed by atoms with Crippen molar-refractivity contribution in [1.82, 2.24) is 0 Å². The van der Waals surface area contributed by atoms with Crippen LogP contribution in [0.3, 0.4) is 0 Å². The van der Waals surface area contributed by atoms with Crippen LogP contribution < -0.4 is 9.47 Å². The zero-order chi connectivity index (χ0) is 14.6. The third-order valence-corrected chi connectivity index (χ3v) is 4.83. The van der Waals surface area contributed by atoms with Crippen LogP contribution in [0.4, 0.5) is 0 Å². The topological polar surface area (TPSA) is 44.8 Å². The first-order valence-corrected chi connectivity index (χ1v) is 7.44. The molecule has 4 nitrogen and oxygen atoms in total. The molecular weight excluding hydrogens is 268 g/mol. The van der Waals surface area contributed by atoms with E-state index in [0.29, 0.717) is 11.7 Å². The third kappa shape index (κ3) is 1.78. The van der Waals surface area contributed by atoms with Crippen molar-refractivity contribution in [3.63, 3.8) is 0 Å². The second-order valence-corrected chi connectivity index (χ2v) is 5.97. The molecule has 0 radical (unpaired) electrons. The molecule has 0 aromatic heterocycles. The van der Waals surface area contributed by atoms with Gasteiger partial charge in [0.15, 0.2) is 17.6 Å². The highest BCUT2D eigenvalue weighted by atomic mass is 16.6. The van der Waals surface area contributed by atoms with E-state index in [9.17, 15) is 4.79 Å². The van der Waals surface area contributed by atoms with Gasteiger partial charge in [0.1, 0.15) is 5.76 Å². The number of hydrogen-bond donors (Lipinski definition) is 0. The van der Waals surface area contributed by atoms with Crippen LogP contribution in [-0.4, -0.2) is 19.2 Å². The number of carbonyl (C=O) groups is 1. The molecule has 0 saturated carbocycles. The van der Waals surface area contributed by atoms with Crippen LogP contribution in [-0.2, 0) is 16.0 Å². The molecule has 1 aliphatic heterocycles. The summed E-state index contributed by atoms with van der Waals surface area (Å²) in [7, 11) is 1.66. The van der Waals surface area contributed by atoms with Crippen LogP contribution >= 0.6 is 0 Å². The number of aryl methyl sites for hydroxylation is 1. The van der Waals surface area contributed by atoms with Gasteiger partial charge in [-0.1, -0.05) is 6.07 Å². The van der Waals surface area contributed by atoms with E-state index in [2.05, 4.69) is 6.07 Å². The Labute approximate surface area is 123 Å². The standard InChI is InChI=1S/C17H18O4/c1-9(18)20-13-8-6-11-4-3-10-5-7-12(19-2)16-14(10)15(11)17(13)21-16/h5,7-8,11,15,17H,3-4,6H2,1-2H3/t11?,15?,17-/m1/s1. The Morgan fingerprint density at radius 3 is 3.00 bits per heavy atom. The predicted octanol–water partition coefficient (Wildman–Crippen LogP) is 2.95. The normalized spacial score (nSPS) is 28.3. The van der Waals surface area contributed by atoms with Gasteiger partial charge in [0.2, 0.25) is 0 Å². The lowest BCUT2D eigenvalue weighted by molar-refractivity contribution is -0.138. The summed E-state index contributed by atoms with van der Waals surface area (Å²) in [5, 5.41) is 0. The van der Waals surface area contributed by atoms with E-state index >= 15 is 0 Å². The van der Waals surface area contributed by atoms with E-state index in [1.807, 2.05) is 12.1 Å². The van der Waals surface area contributed by atoms with Gasteiger partial charge in [-0.3, -0.25) is 4.79 Å². The number of hydrogen-bond acceptors (Lipinski definition) is 4. The van der Waals surface area contributed by atoms with Gasteiger partial charge in [-0.15, -0.1) is 0 Å². The molecular formula is C17H18O4. The van der Waals surface area contributed by atoms with Gasteiger partial charge in [0, 0.05) is 18.4 Å². The van der Waals surface area contributed by atoms with Gasteiger partial charge in [0.25, 0.3) is 0 Å². The molecule has 2 aliphatic carbocycles. The predicted molar refractivity (Wildman–Crippen MR) is 76.4 cm³/mol. The van der Waals surface area contributed by atoms with Crippen molar-refractivity contribution in [2.24, 2.45) is 5.92 Å². The molecule has 0 fully saturated rings. The van der Waals surface area contributed by atoms with Crippen molar-refractivity contribution < 1.29 is 19.0 Å². The lowest BCUT2D eigenvalue weighted by Crippen LogP contribution is -2.34. The summed E-state index contributed by atoms with van der Waals surface area (Å²) < 4.78 is 17.0. The SMILES string of the molecule is COc1ccc2c3c1O[C@@H]1C(OC(C)=O)=CCC(CC2)C31. The van der Waals surface area contributed by atoms with Crippen molar-refractivity contribution in [1.29, 1.82) is 0 Å². The summed E-state index contributed by atoms with van der Waals surface area (Å²) >= 11 is 0. The lowest BCUT2D eigenvalue weighted by Gasteiger charge is -2.35. The number of ether oxygens (including phenoxy) is 3. The molecule has 2 unspecified atom stereocenters. The molecule has 3 atom stereocenters. The fraction of sp³-hybridized carbons (Fsp3) is 0.471. The Morgan fingerprint density at radius 2 is 2.24 bits per heavy atom. The molecule has 0 N–H and O–H groups in total. The van der Waals surface area contributed by atoms with Gasteiger partial charge in [0.05, 0.1) is 7.11 Å². The molecule has 4 heteroatoms. The summed E-state index contributed by atoms with van der Waals surface area (Å²) in [6, 6.07) is 4.12. The Kier molecular flexibility index (Phi) is 2.74. The lowest BCUT2D eigenvalue weighted by atomic mass is 9.69. The largest absolute Gasteiger partial charge is 0.493 e. The first-order chi connectivity index (χ1) is 10.2. The monoisotopic (exact) mass is 286 g/mol. The minimum absolute atomic E-state index is 0.182. The van der Waals surface area contributed by atoms with Crippen LogP contribution in [0.15, 0.2) is 24.0 Å². The fourth-order valence-corrected chi connectivity index (χ4v) is 3.99. The summed E-state index contributed by atoms with van der Waals surface area (Å²) in [6.45, 7) is 1.43. The molecule has 0 spiro atoms. The van der Waals surface area contributed by atoms with Crippen molar-refractivity contribution in [3.8, 4) is 11.5 Å². The number of carbonyl (C=O) groups excluding carboxylic acids is 1. The number of allylic oxidation sites excluding steroid dienone is 1. The van der Waals surface area contributed by atoms with Gasteiger partial charge in [-0.05, 0) is 42.9 Å². The Morgan fingerprint density at radius 1 is 1.38 bits per heavy atom. The number of rotatable bonds is 2. The molecule has 1 aromatic carbocycles. The molecule has 4 rings (SSSR count). The molecule has 0 saturated heterocycles. The van der Waals surface area contributed by atoms with Gasteiger partial charge in [-0.25, -0.2) is 0 Å². The summed E-state index contributed by atoms with van der Waals surface area (Å²) in [4.78, 5) is 11.3. The highest BCUT2D eigenvalue weighted by molar-refractivity contribution is 5.68. The summed E-state index contributed by atoms with van der Waals surface area (Å²) in [6.07, 6.45) is 5.03. The minimum Gasteiger partial charge on any atom is -0.493 e. The maximum absolute atomic E-state index is 11.3. The van der Waals surface area contributed by atoms with E-state index in [0.717, 1.165) is 30.8 Å². The Hall–Kier alpha value is -1.97. The first kappa shape index (κ1) is 12.7. The molecule has 110 valence electrons. The van der Waals surface area contributed by atoms with E-state index in [-0.39, 0.29) is 18.0 Å². The average molecular weight is 286 g/mol. The van der Waals surface area contributed by atoms with E-state index in [4.69, 9.17) is 14.2 Å². The fourth-order valence-electron chi connectivity index (χ4n) is 3.99. The third-order valence-electron chi connectivity index (χ3n) is 4.83. The molecule has 1 heterocycles. The van der Waals surface area contributed by atoms with Crippen molar-refractivity contribution >= 4 is 5.97 Å². The van der Waals surface area contributed by atoms with E-state index in [1.165, 1.54) is 18.1 Å². The van der Waals surface area contributed by atoms with Crippen molar-refractivity contribution in [2.45, 2.75) is 38.2 Å². The maximum atomic E-state index is 11.3. The summed E-state index contributed by atoms with van der Waals surface area (Å²) in [5.74, 6) is 2.84. The van der Waals surface area contributed by atoms with Crippen molar-refractivity contribution in [3.05, 3.63) is 35.1 Å². The highest BCUT2D eigenvalue weighted by Crippen LogP contribution is 2.56. The molecule has 21 heavy (non-hydrogen) atoms. The quantitative estimate of drug-likeness (QED) is 0.784. The second-order valence-electron chi connectivity index (χ2n) is 5.97. The zero-order valence-corrected chi connectivity index (χ0v) is 12.2. The average Bonchev–Trinajstić information content (AvgIpc) is 2.88. The smallest absolute Gasteiger partial charge is 0.307 e. The Bertz CT molecular complexity index is 646. The maximum Gasteiger partial charge on any atom is 0.307 e. The number of methoxy groups -OCH3 is 1. The number of esters is 1.